The van der Waals surface area contributed by atoms with Gasteiger partial charge in [0.05, 0.1) is 5.69 Å². The maximum absolute atomic E-state index is 4.69. The van der Waals surface area contributed by atoms with Gasteiger partial charge >= 0.3 is 0 Å². The Morgan fingerprint density at radius 1 is 1.38 bits per heavy atom. The number of rotatable bonds is 1. The van der Waals surface area contributed by atoms with Gasteiger partial charge in [0.2, 0.25) is 0 Å². The lowest BCUT2D eigenvalue weighted by atomic mass is 10.1. The molecular formula is C11H15NS. The van der Waals surface area contributed by atoms with E-state index in [1.807, 2.05) is 11.8 Å². The third kappa shape index (κ3) is 1.88. The topological polar surface area (TPSA) is 12.9 Å². The van der Waals surface area contributed by atoms with E-state index in [0.29, 0.717) is 5.92 Å². The van der Waals surface area contributed by atoms with Crippen LogP contribution in [0.15, 0.2) is 17.0 Å². The Labute approximate surface area is 84.0 Å². The van der Waals surface area contributed by atoms with Gasteiger partial charge in [-0.3, -0.25) is 4.98 Å². The maximum atomic E-state index is 4.69. The fraction of sp³-hybridized carbons (Fsp3) is 0.545. The third-order valence-electron chi connectivity index (χ3n) is 2.36. The van der Waals surface area contributed by atoms with Crippen LogP contribution in [-0.4, -0.2) is 10.7 Å². The molecule has 2 heterocycles. The van der Waals surface area contributed by atoms with E-state index in [9.17, 15) is 0 Å². The molecule has 70 valence electrons. The molecule has 0 bridgehead atoms. The highest BCUT2D eigenvalue weighted by Crippen LogP contribution is 2.29. The number of aromatic nitrogens is 1. The second kappa shape index (κ2) is 3.70. The highest BCUT2D eigenvalue weighted by Gasteiger charge is 2.12. The summed E-state index contributed by atoms with van der Waals surface area (Å²) in [5.74, 6) is 1.81. The van der Waals surface area contributed by atoms with Crippen LogP contribution in [0.1, 0.15) is 37.6 Å². The first kappa shape index (κ1) is 9.07. The molecule has 0 spiro atoms. The number of hydrogen-bond acceptors (Lipinski definition) is 2. The molecule has 1 aromatic heterocycles. The SMILES string of the molecule is CC(C)c1ccc2c(n1)CCCS2. The number of fused-ring (bicyclic) bond motifs is 1. The molecule has 0 radical (unpaired) electrons. The normalized spacial score (nSPS) is 15.9. The van der Waals surface area contributed by atoms with Crippen molar-refractivity contribution in [2.45, 2.75) is 37.5 Å². The minimum absolute atomic E-state index is 0.553. The minimum atomic E-state index is 0.553. The van der Waals surface area contributed by atoms with E-state index in [4.69, 9.17) is 4.98 Å². The molecule has 0 aromatic carbocycles. The third-order valence-corrected chi connectivity index (χ3v) is 3.54. The molecule has 1 aromatic rings. The quantitative estimate of drug-likeness (QED) is 0.679. The molecule has 1 aliphatic rings. The van der Waals surface area contributed by atoms with Crippen LogP contribution in [0.5, 0.6) is 0 Å². The Hall–Kier alpha value is -0.500. The van der Waals surface area contributed by atoms with Crippen molar-refractivity contribution < 1.29 is 0 Å². The number of thioether (sulfide) groups is 1. The standard InChI is InChI=1S/C11H15NS/c1-8(2)9-5-6-11-10(12-9)4-3-7-13-11/h5-6,8H,3-4,7H2,1-2H3. The van der Waals surface area contributed by atoms with Gasteiger partial charge in [0, 0.05) is 10.6 Å². The Morgan fingerprint density at radius 3 is 3.00 bits per heavy atom. The summed E-state index contributed by atoms with van der Waals surface area (Å²) in [5.41, 5.74) is 2.56. The summed E-state index contributed by atoms with van der Waals surface area (Å²) in [6.45, 7) is 4.40. The van der Waals surface area contributed by atoms with Crippen molar-refractivity contribution in [3.8, 4) is 0 Å². The van der Waals surface area contributed by atoms with E-state index in [0.717, 1.165) is 0 Å². The molecule has 2 rings (SSSR count). The molecule has 0 fully saturated rings. The summed E-state index contributed by atoms with van der Waals surface area (Å²) in [7, 11) is 0. The molecule has 13 heavy (non-hydrogen) atoms. The summed E-state index contributed by atoms with van der Waals surface area (Å²) < 4.78 is 0. The average molecular weight is 193 g/mol. The lowest BCUT2D eigenvalue weighted by Crippen LogP contribution is -2.04. The van der Waals surface area contributed by atoms with E-state index >= 15 is 0 Å². The predicted molar refractivity (Wildman–Crippen MR) is 57.4 cm³/mol. The molecule has 0 aliphatic carbocycles. The first-order chi connectivity index (χ1) is 6.27. The summed E-state index contributed by atoms with van der Waals surface area (Å²) in [6.07, 6.45) is 2.45. The van der Waals surface area contributed by atoms with Crippen molar-refractivity contribution in [1.82, 2.24) is 4.98 Å². The first-order valence-electron chi connectivity index (χ1n) is 4.90. The van der Waals surface area contributed by atoms with Gasteiger partial charge in [-0.15, -0.1) is 11.8 Å². The van der Waals surface area contributed by atoms with Crippen LogP contribution < -0.4 is 0 Å². The van der Waals surface area contributed by atoms with Crippen LogP contribution in [0, 0.1) is 0 Å². The van der Waals surface area contributed by atoms with Gasteiger partial charge in [-0.25, -0.2) is 0 Å². The van der Waals surface area contributed by atoms with Crippen LogP contribution in [0.2, 0.25) is 0 Å². The molecule has 0 atom stereocenters. The summed E-state index contributed by atoms with van der Waals surface area (Å²) >= 11 is 1.95. The largest absolute Gasteiger partial charge is 0.256 e. The molecule has 0 amide bonds. The predicted octanol–water partition coefficient (Wildman–Crippen LogP) is 3.24. The summed E-state index contributed by atoms with van der Waals surface area (Å²) in [5, 5.41) is 0. The summed E-state index contributed by atoms with van der Waals surface area (Å²) in [6, 6.07) is 4.41. The van der Waals surface area contributed by atoms with Crippen molar-refractivity contribution in [2.24, 2.45) is 0 Å². The zero-order valence-electron chi connectivity index (χ0n) is 8.21. The van der Waals surface area contributed by atoms with Crippen LogP contribution in [-0.2, 0) is 6.42 Å². The minimum Gasteiger partial charge on any atom is -0.256 e. The van der Waals surface area contributed by atoms with Gasteiger partial charge in [-0.1, -0.05) is 13.8 Å². The monoisotopic (exact) mass is 193 g/mol. The zero-order valence-corrected chi connectivity index (χ0v) is 9.03. The Bertz CT molecular complexity index is 307. The van der Waals surface area contributed by atoms with Gasteiger partial charge < -0.3 is 0 Å². The van der Waals surface area contributed by atoms with Crippen LogP contribution in [0.3, 0.4) is 0 Å². The van der Waals surface area contributed by atoms with E-state index in [1.165, 1.54) is 34.9 Å². The highest BCUT2D eigenvalue weighted by atomic mass is 32.2. The molecule has 2 heteroatoms. The van der Waals surface area contributed by atoms with Gasteiger partial charge in [0.25, 0.3) is 0 Å². The smallest absolute Gasteiger partial charge is 0.0542 e. The van der Waals surface area contributed by atoms with Crippen LogP contribution >= 0.6 is 11.8 Å². The number of nitrogens with zero attached hydrogens (tertiary/aromatic N) is 1. The number of pyridine rings is 1. The molecular weight excluding hydrogens is 178 g/mol. The molecule has 0 saturated heterocycles. The maximum Gasteiger partial charge on any atom is 0.0542 e. The average Bonchev–Trinajstić information content (AvgIpc) is 2.17. The van der Waals surface area contributed by atoms with Crippen molar-refractivity contribution in [3.63, 3.8) is 0 Å². The second-order valence-electron chi connectivity index (χ2n) is 3.79. The van der Waals surface area contributed by atoms with Gasteiger partial charge in [-0.2, -0.15) is 0 Å². The van der Waals surface area contributed by atoms with Gasteiger partial charge in [0.1, 0.15) is 0 Å². The Morgan fingerprint density at radius 2 is 2.23 bits per heavy atom. The fourth-order valence-corrected chi connectivity index (χ4v) is 2.55. The zero-order chi connectivity index (χ0) is 9.26. The van der Waals surface area contributed by atoms with E-state index < -0.39 is 0 Å². The van der Waals surface area contributed by atoms with Gasteiger partial charge in [-0.05, 0) is 36.6 Å². The van der Waals surface area contributed by atoms with E-state index in [-0.39, 0.29) is 0 Å². The molecule has 0 N–H and O–H groups in total. The summed E-state index contributed by atoms with van der Waals surface area (Å²) in [4.78, 5) is 6.09. The second-order valence-corrected chi connectivity index (χ2v) is 4.92. The molecule has 0 saturated carbocycles. The molecule has 0 unspecified atom stereocenters. The lowest BCUT2D eigenvalue weighted by molar-refractivity contribution is 0.770. The molecule has 1 nitrogen and oxygen atoms in total. The van der Waals surface area contributed by atoms with Crippen LogP contribution in [0.4, 0.5) is 0 Å². The van der Waals surface area contributed by atoms with Crippen LogP contribution in [0.25, 0.3) is 0 Å². The highest BCUT2D eigenvalue weighted by molar-refractivity contribution is 7.99. The Kier molecular flexibility index (Phi) is 2.58. The van der Waals surface area contributed by atoms with Crippen molar-refractivity contribution in [1.29, 1.82) is 0 Å². The van der Waals surface area contributed by atoms with Crippen molar-refractivity contribution in [2.75, 3.05) is 5.75 Å². The number of hydrogen-bond donors (Lipinski definition) is 0. The van der Waals surface area contributed by atoms with E-state index in [2.05, 4.69) is 26.0 Å². The van der Waals surface area contributed by atoms with Crippen molar-refractivity contribution >= 4 is 11.8 Å². The first-order valence-corrected chi connectivity index (χ1v) is 5.88. The number of aryl methyl sites for hydroxylation is 1. The van der Waals surface area contributed by atoms with Gasteiger partial charge in [0.15, 0.2) is 0 Å². The van der Waals surface area contributed by atoms with Crippen molar-refractivity contribution in [3.05, 3.63) is 23.5 Å². The Balaban J connectivity index is 2.35. The molecule has 1 aliphatic heterocycles. The fourth-order valence-electron chi connectivity index (χ4n) is 1.56. The van der Waals surface area contributed by atoms with E-state index in [1.54, 1.807) is 0 Å². The lowest BCUT2D eigenvalue weighted by Gasteiger charge is -2.15.